The normalized spacial score (nSPS) is 19.8. The summed E-state index contributed by atoms with van der Waals surface area (Å²) in [5.74, 6) is 1.50. The molecule has 2 aromatic rings. The Balaban J connectivity index is 1.69. The number of rotatable bonds is 2. The lowest BCUT2D eigenvalue weighted by molar-refractivity contribution is 0.358. The van der Waals surface area contributed by atoms with Gasteiger partial charge in [-0.2, -0.15) is 5.43 Å². The minimum absolute atomic E-state index is 0.105. The lowest BCUT2D eigenvalue weighted by Crippen LogP contribution is -2.41. The number of nitrogens with two attached hydrogens (primary N) is 1. The Bertz CT molecular complexity index is 816. The monoisotopic (exact) mass is 302 g/mol. The molecule has 2 aromatic carbocycles. The molecular formula is C19H18N4. The van der Waals surface area contributed by atoms with Gasteiger partial charge in [-0.1, -0.05) is 60.2 Å². The molecule has 0 amide bonds. The van der Waals surface area contributed by atoms with Crippen LogP contribution in [0, 0.1) is 6.92 Å². The molecule has 2 aliphatic heterocycles. The van der Waals surface area contributed by atoms with Gasteiger partial charge in [0.2, 0.25) is 0 Å². The van der Waals surface area contributed by atoms with Crippen LogP contribution in [0.4, 0.5) is 0 Å². The molecule has 0 spiro atoms. The Morgan fingerprint density at radius 3 is 2.48 bits per heavy atom. The van der Waals surface area contributed by atoms with Crippen LogP contribution in [0.5, 0.6) is 0 Å². The molecule has 3 N–H and O–H groups in total. The predicted octanol–water partition coefficient (Wildman–Crippen LogP) is 3.11. The second-order valence-electron chi connectivity index (χ2n) is 5.80. The highest BCUT2D eigenvalue weighted by Gasteiger charge is 2.28. The summed E-state index contributed by atoms with van der Waals surface area (Å²) >= 11 is 0. The summed E-state index contributed by atoms with van der Waals surface area (Å²) in [5.41, 5.74) is 14.1. The predicted molar refractivity (Wildman–Crippen MR) is 93.0 cm³/mol. The number of nitrogens with one attached hydrogen (secondary N) is 1. The van der Waals surface area contributed by atoms with E-state index in [9.17, 15) is 0 Å². The van der Waals surface area contributed by atoms with Crippen LogP contribution in [0.25, 0.3) is 5.57 Å². The van der Waals surface area contributed by atoms with Gasteiger partial charge < -0.3 is 5.73 Å². The van der Waals surface area contributed by atoms with E-state index in [1.165, 1.54) is 5.56 Å². The van der Waals surface area contributed by atoms with Crippen LogP contribution >= 0.6 is 0 Å². The standard InChI is InChI=1S/C19H18N4/c1-13-7-9-14(10-8-13)16-11-17(20)23-18(12-16)21-19(22-23)15-5-3-2-4-6-15/h2-12,19,22H,20H2,1H3. The third kappa shape index (κ3) is 2.53. The van der Waals surface area contributed by atoms with Crippen molar-refractivity contribution >= 4 is 11.4 Å². The van der Waals surface area contributed by atoms with Gasteiger partial charge in [0.25, 0.3) is 0 Å². The minimum atomic E-state index is -0.105. The van der Waals surface area contributed by atoms with Crippen molar-refractivity contribution in [1.29, 1.82) is 0 Å². The van der Waals surface area contributed by atoms with Crippen LogP contribution in [-0.2, 0) is 0 Å². The van der Waals surface area contributed by atoms with Crippen molar-refractivity contribution in [3.05, 3.63) is 89.3 Å². The lowest BCUT2D eigenvalue weighted by atomic mass is 10.0. The SMILES string of the molecule is Cc1ccc(C2=CC3=NC(c4ccccc4)NN3C(N)=C2)cc1. The van der Waals surface area contributed by atoms with Crippen LogP contribution in [-0.4, -0.2) is 10.8 Å². The number of aryl methyl sites for hydroxylation is 1. The molecule has 0 radical (unpaired) electrons. The summed E-state index contributed by atoms with van der Waals surface area (Å²) in [6.45, 7) is 2.08. The van der Waals surface area contributed by atoms with Gasteiger partial charge in [0.1, 0.15) is 17.8 Å². The molecule has 0 fully saturated rings. The Kier molecular flexibility index (Phi) is 3.24. The van der Waals surface area contributed by atoms with Gasteiger partial charge in [0.15, 0.2) is 0 Å². The Morgan fingerprint density at radius 2 is 1.74 bits per heavy atom. The smallest absolute Gasteiger partial charge is 0.146 e. The zero-order chi connectivity index (χ0) is 15.8. The maximum absolute atomic E-state index is 6.22. The first-order valence-electron chi connectivity index (χ1n) is 7.66. The summed E-state index contributed by atoms with van der Waals surface area (Å²) in [5, 5.41) is 1.84. The zero-order valence-corrected chi connectivity index (χ0v) is 12.9. The highest BCUT2D eigenvalue weighted by atomic mass is 15.6. The number of hydrogen-bond donors (Lipinski definition) is 2. The number of nitrogens with zero attached hydrogens (tertiary/aromatic N) is 2. The molecule has 1 atom stereocenters. The molecule has 1 unspecified atom stereocenters. The van der Waals surface area contributed by atoms with E-state index in [4.69, 9.17) is 10.7 Å². The fourth-order valence-corrected chi connectivity index (χ4v) is 2.82. The first-order valence-corrected chi connectivity index (χ1v) is 7.66. The number of hydrazine groups is 1. The largest absolute Gasteiger partial charge is 0.384 e. The number of hydrogen-bond acceptors (Lipinski definition) is 4. The van der Waals surface area contributed by atoms with Crippen LogP contribution in [0.2, 0.25) is 0 Å². The summed E-state index contributed by atoms with van der Waals surface area (Å²) < 4.78 is 0. The van der Waals surface area contributed by atoms with E-state index in [-0.39, 0.29) is 6.17 Å². The van der Waals surface area contributed by atoms with Crippen molar-refractivity contribution in [2.45, 2.75) is 13.1 Å². The second-order valence-corrected chi connectivity index (χ2v) is 5.80. The second kappa shape index (κ2) is 5.41. The number of aliphatic imine (C=N–C) groups is 1. The van der Waals surface area contributed by atoms with Crippen molar-refractivity contribution in [2.24, 2.45) is 10.7 Å². The van der Waals surface area contributed by atoms with E-state index in [2.05, 4.69) is 54.8 Å². The quantitative estimate of drug-likeness (QED) is 0.896. The molecule has 23 heavy (non-hydrogen) atoms. The van der Waals surface area contributed by atoms with Crippen LogP contribution in [0.15, 0.2) is 77.6 Å². The van der Waals surface area contributed by atoms with E-state index in [1.807, 2.05) is 29.3 Å². The van der Waals surface area contributed by atoms with Crippen molar-refractivity contribution < 1.29 is 0 Å². The number of fused-ring (bicyclic) bond motifs is 1. The highest BCUT2D eigenvalue weighted by molar-refractivity contribution is 6.04. The molecule has 0 aromatic heterocycles. The minimum Gasteiger partial charge on any atom is -0.384 e. The Labute approximate surface area is 135 Å². The third-order valence-corrected chi connectivity index (χ3v) is 4.09. The van der Waals surface area contributed by atoms with E-state index >= 15 is 0 Å². The number of amidine groups is 1. The number of allylic oxidation sites excluding steroid dienone is 2. The van der Waals surface area contributed by atoms with Crippen LogP contribution < -0.4 is 11.2 Å². The first-order chi connectivity index (χ1) is 11.2. The van der Waals surface area contributed by atoms with Gasteiger partial charge in [-0.3, -0.25) is 0 Å². The van der Waals surface area contributed by atoms with Crippen LogP contribution in [0.3, 0.4) is 0 Å². The van der Waals surface area contributed by atoms with E-state index in [1.54, 1.807) is 0 Å². The number of benzene rings is 2. The average molecular weight is 302 g/mol. The summed E-state index contributed by atoms with van der Waals surface area (Å²) in [6.07, 6.45) is 3.94. The lowest BCUT2D eigenvalue weighted by Gasteiger charge is -2.24. The molecule has 4 nitrogen and oxygen atoms in total. The Hall–Kier alpha value is -2.85. The van der Waals surface area contributed by atoms with Gasteiger partial charge in [0.05, 0.1) is 0 Å². The van der Waals surface area contributed by atoms with E-state index in [0.717, 1.165) is 22.5 Å². The van der Waals surface area contributed by atoms with E-state index < -0.39 is 0 Å². The molecule has 4 rings (SSSR count). The van der Waals surface area contributed by atoms with Gasteiger partial charge in [-0.15, -0.1) is 0 Å². The Morgan fingerprint density at radius 1 is 1.00 bits per heavy atom. The van der Waals surface area contributed by atoms with E-state index in [0.29, 0.717) is 5.82 Å². The fraction of sp³-hybridized carbons (Fsp3) is 0.105. The van der Waals surface area contributed by atoms with Crippen molar-refractivity contribution in [2.75, 3.05) is 0 Å². The van der Waals surface area contributed by atoms with Gasteiger partial charge in [0, 0.05) is 0 Å². The molecular weight excluding hydrogens is 284 g/mol. The molecule has 0 bridgehead atoms. The topological polar surface area (TPSA) is 53.7 Å². The summed E-state index contributed by atoms with van der Waals surface area (Å²) in [6, 6.07) is 18.6. The summed E-state index contributed by atoms with van der Waals surface area (Å²) in [4.78, 5) is 4.76. The average Bonchev–Trinajstić information content (AvgIpc) is 3.01. The maximum atomic E-state index is 6.22. The zero-order valence-electron chi connectivity index (χ0n) is 12.9. The summed E-state index contributed by atoms with van der Waals surface area (Å²) in [7, 11) is 0. The molecule has 0 saturated carbocycles. The maximum Gasteiger partial charge on any atom is 0.146 e. The van der Waals surface area contributed by atoms with Crippen molar-refractivity contribution in [3.63, 3.8) is 0 Å². The molecule has 114 valence electrons. The molecule has 4 heteroatoms. The van der Waals surface area contributed by atoms with Gasteiger partial charge in [-0.05, 0) is 35.8 Å². The highest BCUT2D eigenvalue weighted by Crippen LogP contribution is 2.28. The van der Waals surface area contributed by atoms with Gasteiger partial charge in [-0.25, -0.2) is 10.0 Å². The van der Waals surface area contributed by atoms with Gasteiger partial charge >= 0.3 is 0 Å². The molecule has 2 aliphatic rings. The molecule has 0 aliphatic carbocycles. The van der Waals surface area contributed by atoms with Crippen molar-refractivity contribution in [1.82, 2.24) is 10.4 Å². The molecule has 2 heterocycles. The fourth-order valence-electron chi connectivity index (χ4n) is 2.82. The van der Waals surface area contributed by atoms with Crippen molar-refractivity contribution in [3.8, 4) is 0 Å². The van der Waals surface area contributed by atoms with Crippen LogP contribution in [0.1, 0.15) is 22.9 Å². The first kappa shape index (κ1) is 13.8. The third-order valence-electron chi connectivity index (χ3n) is 4.09. The molecule has 0 saturated heterocycles.